The van der Waals surface area contributed by atoms with Gasteiger partial charge in [0.2, 0.25) is 0 Å². The number of methoxy groups -OCH3 is 2. The maximum atomic E-state index is 12.6. The first-order valence-electron chi connectivity index (χ1n) is 7.95. The maximum absolute atomic E-state index is 12.6. The van der Waals surface area contributed by atoms with E-state index >= 15 is 0 Å². The summed E-state index contributed by atoms with van der Waals surface area (Å²) in [6.07, 6.45) is 0. The first-order valence-corrected chi connectivity index (χ1v) is 9.81. The first-order chi connectivity index (χ1) is 12.6. The Morgan fingerprint density at radius 1 is 1.27 bits per heavy atom. The Morgan fingerprint density at radius 2 is 2.08 bits per heavy atom. The third-order valence-corrected chi connectivity index (χ3v) is 5.76. The van der Waals surface area contributed by atoms with Gasteiger partial charge in [-0.1, -0.05) is 11.8 Å². The average molecular weight is 390 g/mol. The maximum Gasteiger partial charge on any atom is 0.272 e. The molecule has 0 bridgehead atoms. The highest BCUT2D eigenvalue weighted by atomic mass is 32.2. The lowest BCUT2D eigenvalue weighted by Gasteiger charge is -2.11. The summed E-state index contributed by atoms with van der Waals surface area (Å²) in [5, 5.41) is 2.39. The van der Waals surface area contributed by atoms with Gasteiger partial charge in [-0.15, -0.1) is 11.3 Å². The molecular weight excluding hydrogens is 372 g/mol. The standard InChI is InChI=1S/C18H18N2O4S2/c1-4-20-17(22)16-13(7-8-25-16)19-18(20)26-10-14(21)12-6-5-11(23-2)9-15(12)24-3/h5-9H,4,10H2,1-3H3. The Hall–Kier alpha value is -2.32. The van der Waals surface area contributed by atoms with E-state index in [-0.39, 0.29) is 17.1 Å². The van der Waals surface area contributed by atoms with Crippen molar-refractivity contribution in [2.75, 3.05) is 20.0 Å². The molecule has 1 aromatic carbocycles. The van der Waals surface area contributed by atoms with Crippen molar-refractivity contribution in [3.05, 3.63) is 45.6 Å². The number of fused-ring (bicyclic) bond motifs is 1. The topological polar surface area (TPSA) is 70.4 Å². The van der Waals surface area contributed by atoms with Crippen LogP contribution in [0.2, 0.25) is 0 Å². The van der Waals surface area contributed by atoms with Crippen LogP contribution in [0.15, 0.2) is 39.6 Å². The number of nitrogens with zero attached hydrogens (tertiary/aromatic N) is 2. The fraction of sp³-hybridized carbons (Fsp3) is 0.278. The van der Waals surface area contributed by atoms with E-state index in [1.54, 1.807) is 29.9 Å². The van der Waals surface area contributed by atoms with Crippen molar-refractivity contribution in [1.29, 1.82) is 0 Å². The molecule has 0 saturated heterocycles. The van der Waals surface area contributed by atoms with Gasteiger partial charge in [-0.2, -0.15) is 0 Å². The molecule has 0 N–H and O–H groups in total. The van der Waals surface area contributed by atoms with Crippen LogP contribution in [-0.2, 0) is 6.54 Å². The third kappa shape index (κ3) is 3.47. The van der Waals surface area contributed by atoms with Crippen LogP contribution in [0.25, 0.3) is 10.2 Å². The number of Topliss-reactive ketones (excluding diaryl/α,β-unsaturated/α-hetero) is 1. The van der Waals surface area contributed by atoms with Crippen molar-refractivity contribution in [3.8, 4) is 11.5 Å². The number of ether oxygens (including phenoxy) is 2. The van der Waals surface area contributed by atoms with E-state index in [1.807, 2.05) is 18.4 Å². The summed E-state index contributed by atoms with van der Waals surface area (Å²) < 4.78 is 12.7. The molecule has 0 aliphatic carbocycles. The Labute approximate surface area is 158 Å². The Morgan fingerprint density at radius 3 is 2.77 bits per heavy atom. The van der Waals surface area contributed by atoms with E-state index in [0.29, 0.717) is 39.0 Å². The highest BCUT2D eigenvalue weighted by Crippen LogP contribution is 2.27. The van der Waals surface area contributed by atoms with Crippen LogP contribution < -0.4 is 15.0 Å². The molecule has 0 fully saturated rings. The summed E-state index contributed by atoms with van der Waals surface area (Å²) in [7, 11) is 3.07. The molecule has 0 aliphatic heterocycles. The molecule has 3 rings (SSSR count). The van der Waals surface area contributed by atoms with Crippen molar-refractivity contribution in [3.63, 3.8) is 0 Å². The number of rotatable bonds is 7. The van der Waals surface area contributed by atoms with Crippen molar-refractivity contribution >= 4 is 39.1 Å². The number of carbonyl (C=O) groups is 1. The zero-order valence-corrected chi connectivity index (χ0v) is 16.3. The molecule has 0 saturated carbocycles. The number of benzene rings is 1. The monoisotopic (exact) mass is 390 g/mol. The predicted molar refractivity (Wildman–Crippen MR) is 104 cm³/mol. The molecule has 0 spiro atoms. The molecule has 0 atom stereocenters. The molecule has 2 aromatic heterocycles. The summed E-state index contributed by atoms with van der Waals surface area (Å²) in [5.74, 6) is 1.14. The molecule has 26 heavy (non-hydrogen) atoms. The third-order valence-electron chi connectivity index (χ3n) is 3.89. The van der Waals surface area contributed by atoms with Crippen LogP contribution in [0.1, 0.15) is 17.3 Å². The largest absolute Gasteiger partial charge is 0.497 e. The van der Waals surface area contributed by atoms with E-state index in [1.165, 1.54) is 30.2 Å². The summed E-state index contributed by atoms with van der Waals surface area (Å²) >= 11 is 2.64. The highest BCUT2D eigenvalue weighted by molar-refractivity contribution is 7.99. The van der Waals surface area contributed by atoms with Gasteiger partial charge >= 0.3 is 0 Å². The Bertz CT molecular complexity index is 1010. The van der Waals surface area contributed by atoms with Gasteiger partial charge in [0.05, 0.1) is 31.1 Å². The van der Waals surface area contributed by atoms with Crippen LogP contribution in [0.5, 0.6) is 11.5 Å². The summed E-state index contributed by atoms with van der Waals surface area (Å²) in [6, 6.07) is 6.90. The van der Waals surface area contributed by atoms with E-state index < -0.39 is 0 Å². The van der Waals surface area contributed by atoms with Gasteiger partial charge < -0.3 is 9.47 Å². The minimum absolute atomic E-state index is 0.0653. The molecular formula is C18H18N2O4S2. The molecule has 0 aliphatic rings. The lowest BCUT2D eigenvalue weighted by molar-refractivity contribution is 0.101. The van der Waals surface area contributed by atoms with Crippen molar-refractivity contribution < 1.29 is 14.3 Å². The number of ketones is 1. The number of aromatic nitrogens is 2. The SMILES string of the molecule is CCn1c(SCC(=O)c2ccc(OC)cc2OC)nc2ccsc2c1=O. The van der Waals surface area contributed by atoms with Crippen LogP contribution in [0.4, 0.5) is 0 Å². The molecule has 8 heteroatoms. The van der Waals surface area contributed by atoms with Gasteiger partial charge in [0.15, 0.2) is 10.9 Å². The predicted octanol–water partition coefficient (Wildman–Crippen LogP) is 3.47. The lowest BCUT2D eigenvalue weighted by Crippen LogP contribution is -2.22. The first kappa shape index (κ1) is 18.5. The molecule has 3 aromatic rings. The van der Waals surface area contributed by atoms with Crippen molar-refractivity contribution in [2.24, 2.45) is 0 Å². The van der Waals surface area contributed by atoms with Crippen LogP contribution in [-0.4, -0.2) is 35.3 Å². The van der Waals surface area contributed by atoms with Gasteiger partial charge in [-0.3, -0.25) is 14.2 Å². The van der Waals surface area contributed by atoms with E-state index in [2.05, 4.69) is 4.98 Å². The second-order valence-electron chi connectivity index (χ2n) is 5.36. The molecule has 2 heterocycles. The van der Waals surface area contributed by atoms with Gasteiger partial charge in [0.1, 0.15) is 16.2 Å². The van der Waals surface area contributed by atoms with Gasteiger partial charge in [-0.05, 0) is 30.5 Å². The summed E-state index contributed by atoms with van der Waals surface area (Å²) in [5.41, 5.74) is 1.08. The Balaban J connectivity index is 1.86. The van der Waals surface area contributed by atoms with Crippen LogP contribution in [0, 0.1) is 0 Å². The molecule has 6 nitrogen and oxygen atoms in total. The fourth-order valence-electron chi connectivity index (χ4n) is 2.55. The van der Waals surface area contributed by atoms with E-state index in [4.69, 9.17) is 9.47 Å². The molecule has 136 valence electrons. The molecule has 0 amide bonds. The van der Waals surface area contributed by atoms with Gasteiger partial charge in [-0.25, -0.2) is 4.98 Å². The fourth-order valence-corrected chi connectivity index (χ4v) is 4.27. The summed E-state index contributed by atoms with van der Waals surface area (Å²) in [6.45, 7) is 2.39. The number of thioether (sulfide) groups is 1. The minimum Gasteiger partial charge on any atom is -0.497 e. The quantitative estimate of drug-likeness (QED) is 0.349. The van der Waals surface area contributed by atoms with Crippen molar-refractivity contribution in [1.82, 2.24) is 9.55 Å². The molecule has 0 unspecified atom stereocenters. The zero-order chi connectivity index (χ0) is 18.7. The number of hydrogen-bond acceptors (Lipinski definition) is 7. The highest BCUT2D eigenvalue weighted by Gasteiger charge is 2.17. The zero-order valence-electron chi connectivity index (χ0n) is 14.6. The van der Waals surface area contributed by atoms with Crippen molar-refractivity contribution in [2.45, 2.75) is 18.6 Å². The second kappa shape index (κ2) is 7.92. The Kier molecular flexibility index (Phi) is 5.63. The summed E-state index contributed by atoms with van der Waals surface area (Å²) in [4.78, 5) is 29.7. The molecule has 0 radical (unpaired) electrons. The average Bonchev–Trinajstić information content (AvgIpc) is 3.14. The van der Waals surface area contributed by atoms with Crippen LogP contribution in [0.3, 0.4) is 0 Å². The second-order valence-corrected chi connectivity index (χ2v) is 7.22. The smallest absolute Gasteiger partial charge is 0.272 e. The van der Waals surface area contributed by atoms with E-state index in [9.17, 15) is 9.59 Å². The van der Waals surface area contributed by atoms with Crippen LogP contribution >= 0.6 is 23.1 Å². The van der Waals surface area contributed by atoms with Gasteiger partial charge in [0, 0.05) is 12.6 Å². The van der Waals surface area contributed by atoms with Gasteiger partial charge in [0.25, 0.3) is 5.56 Å². The normalized spacial score (nSPS) is 10.9. The number of carbonyl (C=O) groups excluding carboxylic acids is 1. The lowest BCUT2D eigenvalue weighted by atomic mass is 10.1. The number of hydrogen-bond donors (Lipinski definition) is 0. The van der Waals surface area contributed by atoms with E-state index in [0.717, 1.165) is 0 Å². The number of thiophene rings is 1. The minimum atomic E-state index is -0.100.